The van der Waals surface area contributed by atoms with Crippen LogP contribution in [0.5, 0.6) is 0 Å². The van der Waals surface area contributed by atoms with Gasteiger partial charge in [0.25, 0.3) is 0 Å². The molecule has 6 heteroatoms. The topological polar surface area (TPSA) is 119 Å². The number of nitrogens with two attached hydrogens (primary N) is 1. The zero-order valence-corrected chi connectivity index (χ0v) is 16.5. The van der Waals surface area contributed by atoms with Gasteiger partial charge in [0.15, 0.2) is 0 Å². The first-order valence-electron chi connectivity index (χ1n) is 9.44. The summed E-state index contributed by atoms with van der Waals surface area (Å²) >= 11 is 0. The van der Waals surface area contributed by atoms with Gasteiger partial charge in [0.1, 0.15) is 0 Å². The van der Waals surface area contributed by atoms with E-state index in [4.69, 9.17) is 5.73 Å². The van der Waals surface area contributed by atoms with Gasteiger partial charge in [-0.05, 0) is 74.8 Å². The van der Waals surface area contributed by atoms with E-state index in [1.165, 1.54) is 0 Å². The van der Waals surface area contributed by atoms with E-state index in [-0.39, 0.29) is 0 Å². The molecule has 0 aliphatic heterocycles. The highest BCUT2D eigenvalue weighted by Gasteiger charge is 2.20. The molecule has 1 aromatic rings. The van der Waals surface area contributed by atoms with Crippen LogP contribution in [0.25, 0.3) is 0 Å². The molecule has 0 bridgehead atoms. The van der Waals surface area contributed by atoms with Crippen molar-refractivity contribution in [2.24, 2.45) is 5.73 Å². The van der Waals surface area contributed by atoms with Crippen molar-refractivity contribution in [3.63, 3.8) is 0 Å². The second-order valence-electron chi connectivity index (χ2n) is 7.47. The highest BCUT2D eigenvalue weighted by atomic mass is 16.3. The number of benzene rings is 1. The molecule has 0 aliphatic rings. The van der Waals surface area contributed by atoms with Gasteiger partial charge in [0, 0.05) is 19.6 Å². The number of aliphatic hydroxyl groups is 4. The average Bonchev–Trinajstić information content (AvgIpc) is 2.48. The monoisotopic (exact) mass is 368 g/mol. The third kappa shape index (κ3) is 7.31. The molecular formula is C20H36N2O4. The summed E-state index contributed by atoms with van der Waals surface area (Å²) in [7, 11) is 0. The fraction of sp³-hybridized carbons (Fsp3) is 0.700. The van der Waals surface area contributed by atoms with Crippen molar-refractivity contribution in [3.05, 3.63) is 33.9 Å². The Kier molecular flexibility index (Phi) is 9.71. The number of hydrogen-bond acceptors (Lipinski definition) is 6. The summed E-state index contributed by atoms with van der Waals surface area (Å²) in [5.74, 6) is 0. The summed E-state index contributed by atoms with van der Waals surface area (Å²) in [5.41, 5.74) is 10.9. The third-order valence-corrected chi connectivity index (χ3v) is 4.33. The van der Waals surface area contributed by atoms with E-state index in [0.717, 1.165) is 27.8 Å². The molecule has 7 N–H and O–H groups in total. The molecule has 4 unspecified atom stereocenters. The molecule has 6 nitrogen and oxygen atoms in total. The van der Waals surface area contributed by atoms with E-state index in [0.29, 0.717) is 38.9 Å². The molecule has 4 atom stereocenters. The summed E-state index contributed by atoms with van der Waals surface area (Å²) in [6.45, 7) is 8.24. The van der Waals surface area contributed by atoms with Crippen molar-refractivity contribution in [2.45, 2.75) is 84.5 Å². The maximum atomic E-state index is 10.0. The minimum absolute atomic E-state index is 0.322. The van der Waals surface area contributed by atoms with Crippen molar-refractivity contribution in [2.75, 3.05) is 6.54 Å². The Morgan fingerprint density at radius 3 is 1.69 bits per heavy atom. The zero-order valence-electron chi connectivity index (χ0n) is 16.5. The molecule has 0 fully saturated rings. The standard InChI is InChI=1S/C20H36N2O4/c1-12(23)5-16-8-17(6-13(2)24)20(11-22-10-15(4)26)18(7-14(3)25)19(16)9-21/h8,12-15,22-26H,5-7,9-11,21H2,1-4H3. The number of nitrogens with one attached hydrogen (secondary N) is 1. The van der Waals surface area contributed by atoms with Crippen LogP contribution < -0.4 is 11.1 Å². The number of aliphatic hydroxyl groups excluding tert-OH is 4. The lowest BCUT2D eigenvalue weighted by atomic mass is 9.85. The van der Waals surface area contributed by atoms with Gasteiger partial charge < -0.3 is 31.5 Å². The Morgan fingerprint density at radius 1 is 0.769 bits per heavy atom. The van der Waals surface area contributed by atoms with Crippen LogP contribution in [0.2, 0.25) is 0 Å². The van der Waals surface area contributed by atoms with Crippen molar-refractivity contribution < 1.29 is 20.4 Å². The predicted molar refractivity (Wildman–Crippen MR) is 104 cm³/mol. The highest BCUT2D eigenvalue weighted by molar-refractivity contribution is 5.47. The summed E-state index contributed by atoms with van der Waals surface area (Å²) in [5, 5.41) is 42.6. The van der Waals surface area contributed by atoms with E-state index >= 15 is 0 Å². The van der Waals surface area contributed by atoms with Gasteiger partial charge in [-0.3, -0.25) is 0 Å². The van der Waals surface area contributed by atoms with Gasteiger partial charge in [0.2, 0.25) is 0 Å². The Labute approximate surface area is 157 Å². The van der Waals surface area contributed by atoms with Crippen LogP contribution in [0.1, 0.15) is 55.5 Å². The van der Waals surface area contributed by atoms with E-state index in [1.807, 2.05) is 6.07 Å². The second-order valence-corrected chi connectivity index (χ2v) is 7.47. The van der Waals surface area contributed by atoms with E-state index in [1.54, 1.807) is 27.7 Å². The van der Waals surface area contributed by atoms with Crippen molar-refractivity contribution in [3.8, 4) is 0 Å². The van der Waals surface area contributed by atoms with Crippen molar-refractivity contribution >= 4 is 0 Å². The van der Waals surface area contributed by atoms with E-state index in [9.17, 15) is 20.4 Å². The smallest absolute Gasteiger partial charge is 0.0636 e. The first-order valence-corrected chi connectivity index (χ1v) is 9.44. The third-order valence-electron chi connectivity index (χ3n) is 4.33. The molecule has 0 aliphatic carbocycles. The van der Waals surface area contributed by atoms with Crippen LogP contribution in [0.4, 0.5) is 0 Å². The molecule has 0 aromatic heterocycles. The van der Waals surface area contributed by atoms with Crippen LogP contribution in [-0.4, -0.2) is 51.4 Å². The fourth-order valence-corrected chi connectivity index (χ4v) is 3.38. The molecular weight excluding hydrogens is 332 g/mol. The van der Waals surface area contributed by atoms with Gasteiger partial charge in [0.05, 0.1) is 24.4 Å². The molecule has 0 saturated carbocycles. The van der Waals surface area contributed by atoms with Gasteiger partial charge >= 0.3 is 0 Å². The normalized spacial score (nSPS) is 16.3. The van der Waals surface area contributed by atoms with Gasteiger partial charge in [-0.15, -0.1) is 0 Å². The Hall–Kier alpha value is -1.02. The summed E-state index contributed by atoms with van der Waals surface area (Å²) < 4.78 is 0. The number of rotatable bonds is 11. The summed E-state index contributed by atoms with van der Waals surface area (Å²) in [6, 6.07) is 2.02. The number of hydrogen-bond donors (Lipinski definition) is 6. The molecule has 1 aromatic carbocycles. The maximum absolute atomic E-state index is 10.0. The largest absolute Gasteiger partial charge is 0.393 e. The van der Waals surface area contributed by atoms with Crippen LogP contribution in [-0.2, 0) is 32.4 Å². The van der Waals surface area contributed by atoms with Crippen LogP contribution in [0, 0.1) is 0 Å². The second kappa shape index (κ2) is 11.0. The predicted octanol–water partition coefficient (Wildman–Crippen LogP) is 0.386. The Morgan fingerprint density at radius 2 is 1.27 bits per heavy atom. The zero-order chi connectivity index (χ0) is 19.9. The SMILES string of the molecule is CC(O)CNCc1c(CC(C)O)cc(CC(C)O)c(CN)c1CC(C)O. The van der Waals surface area contributed by atoms with Gasteiger partial charge in [-0.2, -0.15) is 0 Å². The first kappa shape index (κ1) is 23.0. The van der Waals surface area contributed by atoms with Crippen LogP contribution in [0.15, 0.2) is 6.07 Å². The molecule has 150 valence electrons. The molecule has 26 heavy (non-hydrogen) atoms. The fourth-order valence-electron chi connectivity index (χ4n) is 3.38. The Bertz CT molecular complexity index is 557. The lowest BCUT2D eigenvalue weighted by Crippen LogP contribution is -2.27. The van der Waals surface area contributed by atoms with Crippen LogP contribution in [0.3, 0.4) is 0 Å². The van der Waals surface area contributed by atoms with Gasteiger partial charge in [-0.25, -0.2) is 0 Å². The molecule has 0 radical (unpaired) electrons. The maximum Gasteiger partial charge on any atom is 0.0636 e. The minimum atomic E-state index is -0.531. The summed E-state index contributed by atoms with van der Waals surface area (Å²) in [4.78, 5) is 0. The van der Waals surface area contributed by atoms with Crippen LogP contribution >= 0.6 is 0 Å². The van der Waals surface area contributed by atoms with Crippen molar-refractivity contribution in [1.82, 2.24) is 5.32 Å². The Balaban J connectivity index is 3.46. The molecule has 1 rings (SSSR count). The molecule has 0 saturated heterocycles. The lowest BCUT2D eigenvalue weighted by Gasteiger charge is -2.24. The van der Waals surface area contributed by atoms with E-state index in [2.05, 4.69) is 5.32 Å². The van der Waals surface area contributed by atoms with E-state index < -0.39 is 24.4 Å². The molecule has 0 heterocycles. The minimum Gasteiger partial charge on any atom is -0.393 e. The molecule has 0 amide bonds. The molecule has 0 spiro atoms. The van der Waals surface area contributed by atoms with Gasteiger partial charge in [-0.1, -0.05) is 6.07 Å². The lowest BCUT2D eigenvalue weighted by molar-refractivity contribution is 0.187. The first-order chi connectivity index (χ1) is 12.1. The van der Waals surface area contributed by atoms with Crippen molar-refractivity contribution in [1.29, 1.82) is 0 Å². The average molecular weight is 369 g/mol. The quantitative estimate of drug-likeness (QED) is 0.336. The summed E-state index contributed by atoms with van der Waals surface area (Å²) in [6.07, 6.45) is -0.579. The highest BCUT2D eigenvalue weighted by Crippen LogP contribution is 2.27.